The summed E-state index contributed by atoms with van der Waals surface area (Å²) < 4.78 is 28.0. The third kappa shape index (κ3) is 4.05. The lowest BCUT2D eigenvalue weighted by atomic mass is 10.3. The number of hydrogen-bond donors (Lipinski definition) is 1. The summed E-state index contributed by atoms with van der Waals surface area (Å²) in [5.41, 5.74) is 0.366. The SMILES string of the molecule is CCCSc1nnc(NS(=O)(=O)c2ccc(N3C(=O)CCC3=O)cc2)s1. The Morgan fingerprint density at radius 3 is 2.42 bits per heavy atom. The van der Waals surface area contributed by atoms with E-state index < -0.39 is 10.0 Å². The van der Waals surface area contributed by atoms with Gasteiger partial charge in [0.1, 0.15) is 0 Å². The molecule has 0 radical (unpaired) electrons. The van der Waals surface area contributed by atoms with Gasteiger partial charge in [0.15, 0.2) is 4.34 Å². The summed E-state index contributed by atoms with van der Waals surface area (Å²) in [6.07, 6.45) is 1.34. The fourth-order valence-corrected chi connectivity index (χ4v) is 5.22. The first-order valence-corrected chi connectivity index (χ1v) is 11.1. The van der Waals surface area contributed by atoms with E-state index in [1.165, 1.54) is 47.4 Å². The molecule has 2 aromatic rings. The molecular formula is C15H16N4O4S3. The van der Waals surface area contributed by atoms with E-state index in [4.69, 9.17) is 0 Å². The Bertz CT molecular complexity index is 909. The Kier molecular flexibility index (Phi) is 5.58. The number of anilines is 2. The predicted molar refractivity (Wildman–Crippen MR) is 99.9 cm³/mol. The average molecular weight is 413 g/mol. The highest BCUT2D eigenvalue weighted by Gasteiger charge is 2.30. The maximum absolute atomic E-state index is 12.5. The van der Waals surface area contributed by atoms with Crippen LogP contribution < -0.4 is 9.62 Å². The topological polar surface area (TPSA) is 109 Å². The predicted octanol–water partition coefficient (Wildman–Crippen LogP) is 2.49. The summed E-state index contributed by atoms with van der Waals surface area (Å²) in [5.74, 6) is 0.320. The summed E-state index contributed by atoms with van der Waals surface area (Å²) >= 11 is 2.69. The lowest BCUT2D eigenvalue weighted by molar-refractivity contribution is -0.121. The number of imide groups is 1. The Morgan fingerprint density at radius 1 is 1.15 bits per heavy atom. The highest BCUT2D eigenvalue weighted by Crippen LogP contribution is 2.28. The zero-order valence-corrected chi connectivity index (χ0v) is 16.3. The molecule has 1 fully saturated rings. The summed E-state index contributed by atoms with van der Waals surface area (Å²) in [5, 5.41) is 7.97. The van der Waals surface area contributed by atoms with E-state index in [0.29, 0.717) is 10.0 Å². The molecule has 1 aromatic carbocycles. The van der Waals surface area contributed by atoms with Gasteiger partial charge in [0.2, 0.25) is 16.9 Å². The smallest absolute Gasteiger partial charge is 0.263 e. The largest absolute Gasteiger partial charge is 0.274 e. The zero-order valence-electron chi connectivity index (χ0n) is 13.8. The first kappa shape index (κ1) is 18.8. The van der Waals surface area contributed by atoms with Crippen LogP contribution in [0.25, 0.3) is 0 Å². The molecule has 1 saturated heterocycles. The number of nitrogens with zero attached hydrogens (tertiary/aromatic N) is 3. The molecule has 2 amide bonds. The van der Waals surface area contributed by atoms with E-state index in [9.17, 15) is 18.0 Å². The standard InChI is InChI=1S/C15H16N4O4S3/c1-2-9-24-15-17-16-14(25-15)18-26(22,23)11-5-3-10(4-6-11)19-12(20)7-8-13(19)21/h3-6H,2,7-9H2,1H3,(H,16,18). The van der Waals surface area contributed by atoms with Crippen LogP contribution in [0.5, 0.6) is 0 Å². The van der Waals surface area contributed by atoms with Gasteiger partial charge in [-0.15, -0.1) is 10.2 Å². The summed E-state index contributed by atoms with van der Waals surface area (Å²) in [7, 11) is -3.83. The molecule has 0 spiro atoms. The molecule has 26 heavy (non-hydrogen) atoms. The second-order valence-corrected chi connectivity index (χ2v) is 9.45. The van der Waals surface area contributed by atoms with Crippen LogP contribution in [0.2, 0.25) is 0 Å². The van der Waals surface area contributed by atoms with Crippen molar-refractivity contribution in [1.29, 1.82) is 0 Å². The van der Waals surface area contributed by atoms with E-state index in [0.717, 1.165) is 17.1 Å². The quantitative estimate of drug-likeness (QED) is 0.549. The van der Waals surface area contributed by atoms with Crippen molar-refractivity contribution in [3.8, 4) is 0 Å². The third-order valence-corrected chi connectivity index (χ3v) is 7.18. The minimum absolute atomic E-state index is 0.0123. The number of carbonyl (C=O) groups excluding carboxylic acids is 2. The van der Waals surface area contributed by atoms with Crippen molar-refractivity contribution >= 4 is 55.8 Å². The molecule has 138 valence electrons. The van der Waals surface area contributed by atoms with E-state index in [2.05, 4.69) is 14.9 Å². The second kappa shape index (κ2) is 7.72. The molecule has 0 atom stereocenters. The molecule has 0 aliphatic carbocycles. The molecule has 0 unspecified atom stereocenters. The molecule has 3 rings (SSSR count). The average Bonchev–Trinajstić information content (AvgIpc) is 3.19. The molecule has 0 bridgehead atoms. The summed E-state index contributed by atoms with van der Waals surface area (Å²) in [6, 6.07) is 5.59. The first-order chi connectivity index (χ1) is 12.4. The number of amides is 2. The Hall–Kier alpha value is -1.98. The molecule has 1 aromatic heterocycles. The Balaban J connectivity index is 1.74. The van der Waals surface area contributed by atoms with Gasteiger partial charge < -0.3 is 0 Å². The molecule has 1 N–H and O–H groups in total. The number of thioether (sulfide) groups is 1. The molecule has 0 saturated carbocycles. The molecule has 11 heteroatoms. The number of hydrogen-bond acceptors (Lipinski definition) is 8. The van der Waals surface area contributed by atoms with Crippen LogP contribution in [-0.4, -0.2) is 36.2 Å². The normalized spacial score (nSPS) is 14.9. The molecular weight excluding hydrogens is 396 g/mol. The van der Waals surface area contributed by atoms with Gasteiger partial charge in [-0.2, -0.15) is 0 Å². The van der Waals surface area contributed by atoms with Gasteiger partial charge >= 0.3 is 0 Å². The van der Waals surface area contributed by atoms with Crippen LogP contribution in [0.4, 0.5) is 10.8 Å². The molecule has 1 aliphatic rings. The van der Waals surface area contributed by atoms with Crippen molar-refractivity contribution < 1.29 is 18.0 Å². The van der Waals surface area contributed by atoms with Crippen molar-refractivity contribution in [1.82, 2.24) is 10.2 Å². The van der Waals surface area contributed by atoms with E-state index in [1.807, 2.05) is 6.92 Å². The van der Waals surface area contributed by atoms with Crippen LogP contribution in [0.3, 0.4) is 0 Å². The van der Waals surface area contributed by atoms with Gasteiger partial charge in [-0.05, 0) is 30.7 Å². The number of nitrogens with one attached hydrogen (secondary N) is 1. The van der Waals surface area contributed by atoms with Crippen LogP contribution in [0.15, 0.2) is 33.5 Å². The second-order valence-electron chi connectivity index (χ2n) is 5.44. The number of carbonyl (C=O) groups is 2. The van der Waals surface area contributed by atoms with E-state index in [1.54, 1.807) is 0 Å². The summed E-state index contributed by atoms with van der Waals surface area (Å²) in [6.45, 7) is 2.05. The Labute approximate surface area is 159 Å². The molecule has 1 aliphatic heterocycles. The fraction of sp³-hybridized carbons (Fsp3) is 0.333. The molecule has 8 nitrogen and oxygen atoms in total. The van der Waals surface area contributed by atoms with Crippen LogP contribution >= 0.6 is 23.1 Å². The number of benzene rings is 1. The monoisotopic (exact) mass is 412 g/mol. The maximum Gasteiger partial charge on any atom is 0.263 e. The van der Waals surface area contributed by atoms with Crippen molar-refractivity contribution in [2.45, 2.75) is 35.4 Å². The minimum atomic E-state index is -3.83. The van der Waals surface area contributed by atoms with Crippen molar-refractivity contribution in [2.24, 2.45) is 0 Å². The third-order valence-electron chi connectivity index (χ3n) is 3.51. The van der Waals surface area contributed by atoms with Gasteiger partial charge in [0, 0.05) is 18.6 Å². The van der Waals surface area contributed by atoms with Gasteiger partial charge in [0.25, 0.3) is 10.0 Å². The number of rotatable bonds is 7. The maximum atomic E-state index is 12.5. The lowest BCUT2D eigenvalue weighted by Gasteiger charge is -2.14. The highest BCUT2D eigenvalue weighted by molar-refractivity contribution is 8.01. The van der Waals surface area contributed by atoms with E-state index >= 15 is 0 Å². The van der Waals surface area contributed by atoms with Crippen molar-refractivity contribution in [2.75, 3.05) is 15.4 Å². The van der Waals surface area contributed by atoms with Crippen molar-refractivity contribution in [3.05, 3.63) is 24.3 Å². The van der Waals surface area contributed by atoms with Gasteiger partial charge in [-0.25, -0.2) is 8.42 Å². The lowest BCUT2D eigenvalue weighted by Crippen LogP contribution is -2.28. The van der Waals surface area contributed by atoms with Crippen LogP contribution in [0.1, 0.15) is 26.2 Å². The summed E-state index contributed by atoms with van der Waals surface area (Å²) in [4.78, 5) is 24.6. The van der Waals surface area contributed by atoms with Crippen LogP contribution in [0, 0.1) is 0 Å². The van der Waals surface area contributed by atoms with Crippen molar-refractivity contribution in [3.63, 3.8) is 0 Å². The highest BCUT2D eigenvalue weighted by atomic mass is 32.2. The first-order valence-electron chi connectivity index (χ1n) is 7.85. The molecule has 2 heterocycles. The van der Waals surface area contributed by atoms with E-state index in [-0.39, 0.29) is 34.7 Å². The minimum Gasteiger partial charge on any atom is -0.274 e. The number of sulfonamides is 1. The zero-order chi connectivity index (χ0) is 18.7. The number of aromatic nitrogens is 2. The fourth-order valence-electron chi connectivity index (χ4n) is 2.31. The van der Waals surface area contributed by atoms with Gasteiger partial charge in [-0.3, -0.25) is 19.2 Å². The Morgan fingerprint density at radius 2 is 1.81 bits per heavy atom. The van der Waals surface area contributed by atoms with Crippen LogP contribution in [-0.2, 0) is 19.6 Å². The van der Waals surface area contributed by atoms with Gasteiger partial charge in [-0.1, -0.05) is 30.0 Å². The van der Waals surface area contributed by atoms with Gasteiger partial charge in [0.05, 0.1) is 10.6 Å².